The van der Waals surface area contributed by atoms with Crippen molar-refractivity contribution >= 4 is 11.3 Å². The molecule has 0 bridgehead atoms. The molecule has 0 aromatic carbocycles. The van der Waals surface area contributed by atoms with Crippen molar-refractivity contribution in [1.29, 1.82) is 0 Å². The molecule has 0 saturated carbocycles. The van der Waals surface area contributed by atoms with Crippen LogP contribution in [0.4, 0.5) is 0 Å². The van der Waals surface area contributed by atoms with Crippen molar-refractivity contribution < 1.29 is 0 Å². The average molecular weight is 197 g/mol. The molecule has 1 atom stereocenters. The fourth-order valence-electron chi connectivity index (χ4n) is 1.57. The van der Waals surface area contributed by atoms with Gasteiger partial charge in [0.15, 0.2) is 0 Å². The molecule has 1 nitrogen and oxygen atoms in total. The molecule has 1 N–H and O–H groups in total. The van der Waals surface area contributed by atoms with Gasteiger partial charge in [0.25, 0.3) is 0 Å². The fourth-order valence-corrected chi connectivity index (χ4v) is 2.27. The summed E-state index contributed by atoms with van der Waals surface area (Å²) in [5.41, 5.74) is 1.48. The standard InChI is InChI=1S/C11H19NS/c1-9(2)11(12-3)5-4-10-6-7-13-8-10/h6-9,11-12H,4-5H2,1-3H3. The quantitative estimate of drug-likeness (QED) is 0.765. The molecule has 0 aliphatic carbocycles. The zero-order chi connectivity index (χ0) is 9.68. The van der Waals surface area contributed by atoms with E-state index in [0.29, 0.717) is 6.04 Å². The van der Waals surface area contributed by atoms with Gasteiger partial charge in [-0.05, 0) is 48.2 Å². The molecule has 0 saturated heterocycles. The van der Waals surface area contributed by atoms with Crippen LogP contribution in [0.5, 0.6) is 0 Å². The van der Waals surface area contributed by atoms with Gasteiger partial charge in [-0.15, -0.1) is 0 Å². The maximum atomic E-state index is 3.37. The highest BCUT2D eigenvalue weighted by Gasteiger charge is 2.10. The van der Waals surface area contributed by atoms with Crippen LogP contribution in [0.1, 0.15) is 25.8 Å². The van der Waals surface area contributed by atoms with Gasteiger partial charge in [0.2, 0.25) is 0 Å². The highest BCUT2D eigenvalue weighted by atomic mass is 32.1. The molecule has 2 heteroatoms. The topological polar surface area (TPSA) is 12.0 Å². The Balaban J connectivity index is 2.32. The lowest BCUT2D eigenvalue weighted by atomic mass is 9.98. The molecule has 0 aliphatic rings. The number of nitrogens with one attached hydrogen (secondary N) is 1. The van der Waals surface area contributed by atoms with Crippen LogP contribution in [0.15, 0.2) is 16.8 Å². The number of hydrogen-bond donors (Lipinski definition) is 1. The summed E-state index contributed by atoms with van der Waals surface area (Å²) < 4.78 is 0. The third-order valence-corrected chi connectivity index (χ3v) is 3.23. The molecule has 1 unspecified atom stereocenters. The van der Waals surface area contributed by atoms with Gasteiger partial charge < -0.3 is 5.32 Å². The Labute approximate surface area is 85.2 Å². The predicted octanol–water partition coefficient (Wildman–Crippen LogP) is 2.92. The molecule has 1 aromatic heterocycles. The minimum absolute atomic E-state index is 0.653. The first-order chi connectivity index (χ1) is 6.24. The van der Waals surface area contributed by atoms with Crippen molar-refractivity contribution in [2.75, 3.05) is 7.05 Å². The molecule has 0 fully saturated rings. The molecule has 74 valence electrons. The van der Waals surface area contributed by atoms with E-state index < -0.39 is 0 Å². The monoisotopic (exact) mass is 197 g/mol. The molecule has 1 rings (SSSR count). The van der Waals surface area contributed by atoms with Gasteiger partial charge in [-0.25, -0.2) is 0 Å². The van der Waals surface area contributed by atoms with Gasteiger partial charge in [0, 0.05) is 6.04 Å². The lowest BCUT2D eigenvalue weighted by Crippen LogP contribution is -2.30. The average Bonchev–Trinajstić information content (AvgIpc) is 2.57. The number of thiophene rings is 1. The first-order valence-electron chi connectivity index (χ1n) is 4.92. The van der Waals surface area contributed by atoms with Crippen molar-refractivity contribution in [2.24, 2.45) is 5.92 Å². The number of rotatable bonds is 5. The summed E-state index contributed by atoms with van der Waals surface area (Å²) >= 11 is 1.79. The number of hydrogen-bond acceptors (Lipinski definition) is 2. The third kappa shape index (κ3) is 3.49. The minimum Gasteiger partial charge on any atom is -0.317 e. The van der Waals surface area contributed by atoms with Crippen molar-refractivity contribution in [2.45, 2.75) is 32.7 Å². The van der Waals surface area contributed by atoms with Crippen LogP contribution in [0, 0.1) is 5.92 Å². The normalized spacial score (nSPS) is 13.5. The highest BCUT2D eigenvalue weighted by molar-refractivity contribution is 7.07. The second kappa shape index (κ2) is 5.40. The summed E-state index contributed by atoms with van der Waals surface area (Å²) in [6, 6.07) is 2.87. The molecule has 0 aliphatic heterocycles. The SMILES string of the molecule is CNC(CCc1ccsc1)C(C)C. The van der Waals surface area contributed by atoms with E-state index in [0.717, 1.165) is 5.92 Å². The van der Waals surface area contributed by atoms with E-state index in [4.69, 9.17) is 0 Å². The predicted molar refractivity (Wildman–Crippen MR) is 60.3 cm³/mol. The van der Waals surface area contributed by atoms with E-state index in [1.807, 2.05) is 0 Å². The van der Waals surface area contributed by atoms with Crippen LogP contribution >= 0.6 is 11.3 Å². The zero-order valence-electron chi connectivity index (χ0n) is 8.71. The summed E-state index contributed by atoms with van der Waals surface area (Å²) in [4.78, 5) is 0. The van der Waals surface area contributed by atoms with Crippen LogP contribution in [-0.4, -0.2) is 13.1 Å². The second-order valence-corrected chi connectivity index (χ2v) is 4.59. The number of aryl methyl sites for hydroxylation is 1. The Morgan fingerprint density at radius 3 is 2.69 bits per heavy atom. The molecular weight excluding hydrogens is 178 g/mol. The van der Waals surface area contributed by atoms with Crippen LogP contribution in [0.3, 0.4) is 0 Å². The molecule has 13 heavy (non-hydrogen) atoms. The molecule has 1 aromatic rings. The Hall–Kier alpha value is -0.340. The third-order valence-electron chi connectivity index (χ3n) is 2.50. The van der Waals surface area contributed by atoms with E-state index in [9.17, 15) is 0 Å². The lowest BCUT2D eigenvalue weighted by molar-refractivity contribution is 0.403. The fraction of sp³-hybridized carbons (Fsp3) is 0.636. The maximum Gasteiger partial charge on any atom is 0.00902 e. The van der Waals surface area contributed by atoms with Gasteiger partial charge in [-0.1, -0.05) is 13.8 Å². The van der Waals surface area contributed by atoms with Gasteiger partial charge >= 0.3 is 0 Å². The maximum absolute atomic E-state index is 3.37. The van der Waals surface area contributed by atoms with E-state index >= 15 is 0 Å². The summed E-state index contributed by atoms with van der Waals surface area (Å²) in [6.45, 7) is 4.55. The largest absolute Gasteiger partial charge is 0.317 e. The van der Waals surface area contributed by atoms with Crippen molar-refractivity contribution in [1.82, 2.24) is 5.32 Å². The van der Waals surface area contributed by atoms with Crippen LogP contribution < -0.4 is 5.32 Å². The Morgan fingerprint density at radius 1 is 1.46 bits per heavy atom. The van der Waals surface area contributed by atoms with E-state index in [-0.39, 0.29) is 0 Å². The first kappa shape index (κ1) is 10.7. The van der Waals surface area contributed by atoms with E-state index in [1.165, 1.54) is 18.4 Å². The Morgan fingerprint density at radius 2 is 2.23 bits per heavy atom. The summed E-state index contributed by atoms with van der Waals surface area (Å²) in [5.74, 6) is 0.726. The van der Waals surface area contributed by atoms with Gasteiger partial charge in [0.1, 0.15) is 0 Å². The minimum atomic E-state index is 0.653. The summed E-state index contributed by atoms with van der Waals surface area (Å²) in [5, 5.41) is 7.76. The smallest absolute Gasteiger partial charge is 0.00902 e. The van der Waals surface area contributed by atoms with Gasteiger partial charge in [-0.3, -0.25) is 0 Å². The van der Waals surface area contributed by atoms with Crippen molar-refractivity contribution in [3.8, 4) is 0 Å². The van der Waals surface area contributed by atoms with Gasteiger partial charge in [-0.2, -0.15) is 11.3 Å². The molecule has 1 heterocycles. The van der Waals surface area contributed by atoms with Crippen molar-refractivity contribution in [3.05, 3.63) is 22.4 Å². The van der Waals surface area contributed by atoms with Crippen LogP contribution in [0.2, 0.25) is 0 Å². The zero-order valence-corrected chi connectivity index (χ0v) is 9.53. The Kier molecular flexibility index (Phi) is 4.46. The molecule has 0 radical (unpaired) electrons. The molecule has 0 amide bonds. The molecular formula is C11H19NS. The first-order valence-corrected chi connectivity index (χ1v) is 5.86. The van der Waals surface area contributed by atoms with Crippen LogP contribution in [-0.2, 0) is 6.42 Å². The highest BCUT2D eigenvalue weighted by Crippen LogP contribution is 2.13. The van der Waals surface area contributed by atoms with E-state index in [2.05, 4.69) is 43.0 Å². The summed E-state index contributed by atoms with van der Waals surface area (Å²) in [7, 11) is 2.05. The van der Waals surface area contributed by atoms with Gasteiger partial charge in [0.05, 0.1) is 0 Å². The second-order valence-electron chi connectivity index (χ2n) is 3.81. The van der Waals surface area contributed by atoms with Crippen molar-refractivity contribution in [3.63, 3.8) is 0 Å². The van der Waals surface area contributed by atoms with E-state index in [1.54, 1.807) is 11.3 Å². The van der Waals surface area contributed by atoms with Crippen LogP contribution in [0.25, 0.3) is 0 Å². The lowest BCUT2D eigenvalue weighted by Gasteiger charge is -2.19. The summed E-state index contributed by atoms with van der Waals surface area (Å²) in [6.07, 6.45) is 2.44. The molecule has 0 spiro atoms. The Bertz CT molecular complexity index is 216.